The number of aromatic nitrogens is 1. The second-order valence-corrected chi connectivity index (χ2v) is 4.82. The molecule has 0 saturated carbocycles. The van der Waals surface area contributed by atoms with Gasteiger partial charge in [0.05, 0.1) is 5.69 Å². The van der Waals surface area contributed by atoms with E-state index in [1.165, 1.54) is 5.56 Å². The van der Waals surface area contributed by atoms with Crippen LogP contribution in [0.25, 0.3) is 11.3 Å². The molecule has 0 bridgehead atoms. The minimum Gasteiger partial charge on any atom is -0.349 e. The Bertz CT molecular complexity index is 402. The number of rotatable bonds is 4. The standard InChI is InChI=1S/C11H14N2S2/c1-3-13(4-2)11-12-10(8-15-11)9-5-6-14-7-9/h5-8H,3-4H2,1-2H3. The Morgan fingerprint density at radius 2 is 2.07 bits per heavy atom. The number of hydrogen-bond donors (Lipinski definition) is 0. The molecule has 0 spiro atoms. The Balaban J connectivity index is 2.24. The molecule has 0 aliphatic rings. The van der Waals surface area contributed by atoms with Crippen LogP contribution in [0.3, 0.4) is 0 Å². The molecule has 0 aromatic carbocycles. The third-order valence-electron chi connectivity index (χ3n) is 2.34. The monoisotopic (exact) mass is 238 g/mol. The van der Waals surface area contributed by atoms with E-state index >= 15 is 0 Å². The van der Waals surface area contributed by atoms with E-state index < -0.39 is 0 Å². The van der Waals surface area contributed by atoms with Crippen LogP contribution >= 0.6 is 22.7 Å². The maximum atomic E-state index is 4.65. The van der Waals surface area contributed by atoms with Gasteiger partial charge >= 0.3 is 0 Å². The minimum absolute atomic E-state index is 1.02. The first kappa shape index (κ1) is 10.6. The first-order chi connectivity index (χ1) is 7.35. The highest BCUT2D eigenvalue weighted by atomic mass is 32.1. The van der Waals surface area contributed by atoms with Crippen molar-refractivity contribution in [3.05, 3.63) is 22.2 Å². The van der Waals surface area contributed by atoms with Gasteiger partial charge in [-0.15, -0.1) is 11.3 Å². The van der Waals surface area contributed by atoms with Crippen molar-refractivity contribution in [1.29, 1.82) is 0 Å². The molecule has 0 fully saturated rings. The molecule has 0 unspecified atom stereocenters. The van der Waals surface area contributed by atoms with Crippen molar-refractivity contribution in [1.82, 2.24) is 4.98 Å². The van der Waals surface area contributed by atoms with Gasteiger partial charge in [0.15, 0.2) is 5.13 Å². The van der Waals surface area contributed by atoms with Gasteiger partial charge in [-0.3, -0.25) is 0 Å². The van der Waals surface area contributed by atoms with Crippen molar-refractivity contribution >= 4 is 27.8 Å². The van der Waals surface area contributed by atoms with Crippen LogP contribution in [0.2, 0.25) is 0 Å². The predicted molar refractivity (Wildman–Crippen MR) is 69.0 cm³/mol. The van der Waals surface area contributed by atoms with E-state index in [4.69, 9.17) is 0 Å². The summed E-state index contributed by atoms with van der Waals surface area (Å²) in [4.78, 5) is 6.92. The fraction of sp³-hybridized carbons (Fsp3) is 0.364. The molecule has 0 aliphatic carbocycles. The highest BCUT2D eigenvalue weighted by Crippen LogP contribution is 2.28. The van der Waals surface area contributed by atoms with Crippen LogP contribution in [-0.2, 0) is 0 Å². The summed E-state index contributed by atoms with van der Waals surface area (Å²) in [6.45, 7) is 6.37. The van der Waals surface area contributed by atoms with Crippen LogP contribution in [-0.4, -0.2) is 18.1 Å². The van der Waals surface area contributed by atoms with Crippen molar-refractivity contribution in [3.63, 3.8) is 0 Å². The Kier molecular flexibility index (Phi) is 3.38. The molecule has 0 saturated heterocycles. The lowest BCUT2D eigenvalue weighted by Crippen LogP contribution is -2.21. The zero-order valence-corrected chi connectivity index (χ0v) is 10.6. The molecule has 15 heavy (non-hydrogen) atoms. The molecule has 0 N–H and O–H groups in total. The van der Waals surface area contributed by atoms with Gasteiger partial charge in [-0.05, 0) is 25.3 Å². The van der Waals surface area contributed by atoms with Crippen LogP contribution in [0.4, 0.5) is 5.13 Å². The summed E-state index contributed by atoms with van der Waals surface area (Å²) >= 11 is 3.44. The normalized spacial score (nSPS) is 10.5. The molecule has 2 rings (SSSR count). The Morgan fingerprint density at radius 1 is 1.27 bits per heavy atom. The summed E-state index contributed by atoms with van der Waals surface area (Å²) in [7, 11) is 0. The van der Waals surface area contributed by atoms with Crippen molar-refractivity contribution in [2.75, 3.05) is 18.0 Å². The van der Waals surface area contributed by atoms with E-state index in [2.05, 4.69) is 45.9 Å². The average Bonchev–Trinajstić information content (AvgIpc) is 2.89. The molecule has 4 heteroatoms. The Morgan fingerprint density at radius 3 is 2.67 bits per heavy atom. The van der Waals surface area contributed by atoms with Crippen LogP contribution in [0, 0.1) is 0 Å². The number of nitrogens with zero attached hydrogens (tertiary/aromatic N) is 2. The van der Waals surface area contributed by atoms with Gasteiger partial charge < -0.3 is 4.90 Å². The number of thiazole rings is 1. The summed E-state index contributed by atoms with van der Waals surface area (Å²) in [5, 5.41) is 7.49. The first-order valence-corrected chi connectivity index (χ1v) is 6.90. The van der Waals surface area contributed by atoms with Crippen molar-refractivity contribution in [2.45, 2.75) is 13.8 Å². The zero-order valence-electron chi connectivity index (χ0n) is 8.93. The van der Waals surface area contributed by atoms with Gasteiger partial charge in [-0.25, -0.2) is 4.98 Å². The maximum Gasteiger partial charge on any atom is 0.185 e. The number of thiophene rings is 1. The molecule has 0 atom stereocenters. The van der Waals surface area contributed by atoms with Crippen LogP contribution in [0.5, 0.6) is 0 Å². The van der Waals surface area contributed by atoms with Crippen molar-refractivity contribution in [2.24, 2.45) is 0 Å². The van der Waals surface area contributed by atoms with Gasteiger partial charge in [-0.1, -0.05) is 0 Å². The summed E-state index contributed by atoms with van der Waals surface area (Å²) < 4.78 is 0. The molecule has 80 valence electrons. The molecule has 2 heterocycles. The third-order valence-corrected chi connectivity index (χ3v) is 3.93. The van der Waals surface area contributed by atoms with E-state index in [1.54, 1.807) is 22.7 Å². The topological polar surface area (TPSA) is 16.1 Å². The van der Waals surface area contributed by atoms with E-state index in [0.717, 1.165) is 23.9 Å². The lowest BCUT2D eigenvalue weighted by atomic mass is 10.3. The molecule has 2 nitrogen and oxygen atoms in total. The maximum absolute atomic E-state index is 4.65. The SMILES string of the molecule is CCN(CC)c1nc(-c2ccsc2)cs1. The highest BCUT2D eigenvalue weighted by molar-refractivity contribution is 7.14. The molecule has 2 aromatic heterocycles. The summed E-state index contributed by atoms with van der Waals surface area (Å²) in [6.07, 6.45) is 0. The predicted octanol–water partition coefficient (Wildman–Crippen LogP) is 3.72. The second kappa shape index (κ2) is 4.77. The summed E-state index contributed by atoms with van der Waals surface area (Å²) in [6, 6.07) is 2.12. The molecule has 0 aliphatic heterocycles. The largest absolute Gasteiger partial charge is 0.349 e. The lowest BCUT2D eigenvalue weighted by molar-refractivity contribution is 0.860. The smallest absolute Gasteiger partial charge is 0.185 e. The lowest BCUT2D eigenvalue weighted by Gasteiger charge is -2.16. The van der Waals surface area contributed by atoms with E-state index in [-0.39, 0.29) is 0 Å². The third kappa shape index (κ3) is 2.21. The van der Waals surface area contributed by atoms with Crippen LogP contribution in [0.1, 0.15) is 13.8 Å². The van der Waals surface area contributed by atoms with Gasteiger partial charge in [0.2, 0.25) is 0 Å². The molecular formula is C11H14N2S2. The fourth-order valence-corrected chi connectivity index (χ4v) is 3.06. The summed E-state index contributed by atoms with van der Waals surface area (Å²) in [5.74, 6) is 0. The fourth-order valence-electron chi connectivity index (χ4n) is 1.45. The van der Waals surface area contributed by atoms with Gasteiger partial charge in [-0.2, -0.15) is 11.3 Å². The first-order valence-electron chi connectivity index (χ1n) is 5.08. The number of hydrogen-bond acceptors (Lipinski definition) is 4. The quantitative estimate of drug-likeness (QED) is 0.807. The molecule has 0 amide bonds. The van der Waals surface area contributed by atoms with Crippen molar-refractivity contribution < 1.29 is 0 Å². The van der Waals surface area contributed by atoms with Gasteiger partial charge in [0.25, 0.3) is 0 Å². The Labute approximate surface area is 98.2 Å². The van der Waals surface area contributed by atoms with Crippen molar-refractivity contribution in [3.8, 4) is 11.3 Å². The zero-order chi connectivity index (χ0) is 10.7. The average molecular weight is 238 g/mol. The van der Waals surface area contributed by atoms with E-state index in [1.807, 2.05) is 0 Å². The van der Waals surface area contributed by atoms with E-state index in [0.29, 0.717) is 0 Å². The molecule has 0 radical (unpaired) electrons. The summed E-state index contributed by atoms with van der Waals surface area (Å²) in [5.41, 5.74) is 2.33. The molecule has 2 aromatic rings. The Hall–Kier alpha value is -0.870. The van der Waals surface area contributed by atoms with Crippen LogP contribution in [0.15, 0.2) is 22.2 Å². The van der Waals surface area contributed by atoms with E-state index in [9.17, 15) is 0 Å². The highest BCUT2D eigenvalue weighted by Gasteiger charge is 2.08. The molecular weight excluding hydrogens is 224 g/mol. The minimum atomic E-state index is 1.02. The second-order valence-electron chi connectivity index (χ2n) is 3.20. The van der Waals surface area contributed by atoms with Gasteiger partial charge in [0, 0.05) is 29.4 Å². The van der Waals surface area contributed by atoms with Gasteiger partial charge in [0.1, 0.15) is 0 Å². The van der Waals surface area contributed by atoms with Crippen LogP contribution < -0.4 is 4.90 Å². The number of anilines is 1.